The van der Waals surface area contributed by atoms with Crippen LogP contribution in [0.25, 0.3) is 10.4 Å². The van der Waals surface area contributed by atoms with E-state index in [0.29, 0.717) is 0 Å². The minimum absolute atomic E-state index is 0.00584. The third-order valence-corrected chi connectivity index (χ3v) is 7.75. The number of ether oxygens (including phenoxy) is 1. The van der Waals surface area contributed by atoms with E-state index in [-0.39, 0.29) is 45.6 Å². The molecule has 40 heavy (non-hydrogen) atoms. The van der Waals surface area contributed by atoms with Gasteiger partial charge in [-0.05, 0) is 23.5 Å². The number of rotatable bonds is 13. The Morgan fingerprint density at radius 1 is 1.18 bits per heavy atom. The number of carboxylic acid groups (broad SMARTS) is 1. The maximum atomic E-state index is 14.0. The Balaban J connectivity index is 1.69. The molecule has 0 saturated carbocycles. The minimum atomic E-state index is -1.72. The molecule has 218 valence electrons. The molecule has 1 unspecified atom stereocenters. The van der Waals surface area contributed by atoms with Crippen LogP contribution in [-0.2, 0) is 30.5 Å². The van der Waals surface area contributed by atoms with E-state index in [2.05, 4.69) is 20.9 Å². The number of aromatic nitrogens is 1. The molecular weight excluding hydrogens is 536 g/mol. The van der Waals surface area contributed by atoms with E-state index in [1.54, 1.807) is 37.6 Å². The molecule has 0 bridgehead atoms. The van der Waals surface area contributed by atoms with Gasteiger partial charge in [-0.1, -0.05) is 45.0 Å². The van der Waals surface area contributed by atoms with Crippen molar-refractivity contribution in [3.05, 3.63) is 41.0 Å². The van der Waals surface area contributed by atoms with Crippen molar-refractivity contribution in [3.63, 3.8) is 0 Å². The first kappa shape index (κ1) is 31.3. The number of carboxylic acids is 1. The van der Waals surface area contributed by atoms with Crippen LogP contribution in [-0.4, -0.2) is 76.2 Å². The summed E-state index contributed by atoms with van der Waals surface area (Å²) in [6, 6.07) is 6.67. The maximum Gasteiger partial charge on any atom is 0.305 e. The Labute approximate surface area is 237 Å². The van der Waals surface area contributed by atoms with E-state index in [0.717, 1.165) is 21.7 Å². The number of thiazole rings is 1. The lowest BCUT2D eigenvalue weighted by molar-refractivity contribution is -0.142. The molecule has 1 fully saturated rings. The van der Waals surface area contributed by atoms with Gasteiger partial charge in [0, 0.05) is 25.9 Å². The van der Waals surface area contributed by atoms with Crippen molar-refractivity contribution in [1.82, 2.24) is 20.9 Å². The molecule has 1 aliphatic heterocycles. The van der Waals surface area contributed by atoms with Crippen LogP contribution in [0.5, 0.6) is 0 Å². The topological polar surface area (TPSA) is 167 Å². The summed E-state index contributed by atoms with van der Waals surface area (Å²) in [5.41, 5.74) is 2.14. The molecule has 0 aliphatic carbocycles. The number of aliphatic carboxylic acids is 1. The second-order valence-corrected chi connectivity index (χ2v) is 11.9. The number of Topliss-reactive ketones (excluding diaryl/α,β-unsaturated/α-hetero) is 1. The van der Waals surface area contributed by atoms with Gasteiger partial charge in [-0.3, -0.25) is 24.5 Å². The molecule has 1 saturated heterocycles. The van der Waals surface area contributed by atoms with Gasteiger partial charge < -0.3 is 25.6 Å². The van der Waals surface area contributed by atoms with Gasteiger partial charge in [0.25, 0.3) is 0 Å². The number of aliphatic hydroxyl groups is 1. The van der Waals surface area contributed by atoms with Gasteiger partial charge in [-0.2, -0.15) is 0 Å². The lowest BCUT2D eigenvalue weighted by Crippen LogP contribution is -2.66. The first-order valence-corrected chi connectivity index (χ1v) is 14.1. The fraction of sp³-hybridized carbons (Fsp3) is 0.536. The summed E-state index contributed by atoms with van der Waals surface area (Å²) in [6.45, 7) is 7.49. The van der Waals surface area contributed by atoms with Crippen LogP contribution >= 0.6 is 11.3 Å². The molecule has 0 radical (unpaired) electrons. The Kier molecular flexibility index (Phi) is 10.5. The van der Waals surface area contributed by atoms with E-state index >= 15 is 0 Å². The van der Waals surface area contributed by atoms with Crippen molar-refractivity contribution in [2.24, 2.45) is 5.41 Å². The van der Waals surface area contributed by atoms with Crippen molar-refractivity contribution in [2.45, 2.75) is 71.2 Å². The number of nitrogens with one attached hydrogen (secondary N) is 3. The summed E-state index contributed by atoms with van der Waals surface area (Å²) in [5.74, 6) is -2.57. The zero-order chi connectivity index (χ0) is 29.5. The lowest BCUT2D eigenvalue weighted by Gasteiger charge is -2.37. The first-order chi connectivity index (χ1) is 18.8. The number of hydrogen-bond acceptors (Lipinski definition) is 9. The molecule has 11 nitrogen and oxygen atoms in total. The second-order valence-electron chi connectivity index (χ2n) is 11.0. The molecule has 2 heterocycles. The molecular formula is C28H38N4O7S. The number of nitrogens with zero attached hydrogens (tertiary/aromatic N) is 1. The highest BCUT2D eigenvalue weighted by Crippen LogP contribution is 2.30. The average molecular weight is 575 g/mol. The molecule has 2 amide bonds. The predicted molar refractivity (Wildman–Crippen MR) is 150 cm³/mol. The number of carbonyl (C=O) groups excluding carboxylic acids is 3. The van der Waals surface area contributed by atoms with Crippen LogP contribution in [0.2, 0.25) is 0 Å². The predicted octanol–water partition coefficient (Wildman–Crippen LogP) is 1.81. The molecule has 1 aliphatic rings. The molecule has 1 aromatic carbocycles. The van der Waals surface area contributed by atoms with Gasteiger partial charge in [0.2, 0.25) is 11.8 Å². The number of ketones is 1. The highest BCUT2D eigenvalue weighted by Gasteiger charge is 2.54. The largest absolute Gasteiger partial charge is 0.481 e. The lowest BCUT2D eigenvalue weighted by atomic mass is 9.76. The van der Waals surface area contributed by atoms with Crippen LogP contribution in [0, 0.1) is 12.3 Å². The highest BCUT2D eigenvalue weighted by molar-refractivity contribution is 7.13. The fourth-order valence-electron chi connectivity index (χ4n) is 4.53. The Morgan fingerprint density at radius 3 is 2.40 bits per heavy atom. The molecule has 5 N–H and O–H groups in total. The van der Waals surface area contributed by atoms with E-state index in [9.17, 15) is 24.3 Å². The molecule has 1 aromatic heterocycles. The number of benzene rings is 1. The smallest absolute Gasteiger partial charge is 0.305 e. The average Bonchev–Trinajstić information content (AvgIpc) is 3.50. The van der Waals surface area contributed by atoms with Crippen molar-refractivity contribution in [1.29, 1.82) is 0 Å². The Morgan fingerprint density at radius 2 is 1.85 bits per heavy atom. The van der Waals surface area contributed by atoms with E-state index < -0.39 is 46.7 Å². The van der Waals surface area contributed by atoms with Crippen molar-refractivity contribution in [2.75, 3.05) is 19.8 Å². The van der Waals surface area contributed by atoms with Gasteiger partial charge >= 0.3 is 5.97 Å². The third-order valence-electron chi connectivity index (χ3n) is 6.77. The number of aryl methyl sites for hydroxylation is 1. The van der Waals surface area contributed by atoms with Crippen LogP contribution in [0.4, 0.5) is 0 Å². The van der Waals surface area contributed by atoms with Gasteiger partial charge in [0.1, 0.15) is 0 Å². The summed E-state index contributed by atoms with van der Waals surface area (Å²) in [7, 11) is 0. The minimum Gasteiger partial charge on any atom is -0.481 e. The van der Waals surface area contributed by atoms with E-state index in [4.69, 9.17) is 9.84 Å². The Bertz CT molecular complexity index is 1210. The van der Waals surface area contributed by atoms with Crippen LogP contribution in [0.3, 0.4) is 0 Å². The van der Waals surface area contributed by atoms with E-state index in [1.165, 1.54) is 0 Å². The van der Waals surface area contributed by atoms with Gasteiger partial charge in [0.15, 0.2) is 11.3 Å². The van der Waals surface area contributed by atoms with Crippen molar-refractivity contribution < 1.29 is 34.1 Å². The standard InChI is InChI=1S/C28H38N4O7S/c1-17-23(40-16-30-17)19-7-5-18(6-8-19)14-29-26(38)28(13-20(33)15-31-28)25(37)24(27(2,3)4)32-21(34)9-11-39-12-10-22(35)36/h5-8,16,20,24,31,33H,9-15H2,1-4H3,(H,29,38)(H,32,34)(H,35,36)/t20-,24?,28+/m1/s1. The summed E-state index contributed by atoms with van der Waals surface area (Å²) in [4.78, 5) is 56.1. The third kappa shape index (κ3) is 7.94. The number of β-amino-alcohol motifs (C(OH)–C–C–N with tert-alkyl or cyclic N) is 1. The molecule has 3 rings (SSSR count). The van der Waals surface area contributed by atoms with Gasteiger partial charge in [-0.25, -0.2) is 4.98 Å². The summed E-state index contributed by atoms with van der Waals surface area (Å²) >= 11 is 1.55. The molecule has 3 atom stereocenters. The van der Waals surface area contributed by atoms with Crippen molar-refractivity contribution in [3.8, 4) is 10.4 Å². The zero-order valence-electron chi connectivity index (χ0n) is 23.3. The van der Waals surface area contributed by atoms with Gasteiger partial charge in [0.05, 0.1) is 47.9 Å². The van der Waals surface area contributed by atoms with Crippen LogP contribution in [0.1, 0.15) is 51.3 Å². The quantitative estimate of drug-likeness (QED) is 0.177. The number of aliphatic hydroxyl groups excluding tert-OH is 1. The zero-order valence-corrected chi connectivity index (χ0v) is 24.1. The summed E-state index contributed by atoms with van der Waals surface area (Å²) < 4.78 is 5.18. The summed E-state index contributed by atoms with van der Waals surface area (Å²) in [6.07, 6.45) is -1.28. The highest BCUT2D eigenvalue weighted by atomic mass is 32.1. The monoisotopic (exact) mass is 574 g/mol. The first-order valence-electron chi connectivity index (χ1n) is 13.2. The molecule has 0 spiro atoms. The molecule has 2 aromatic rings. The van der Waals surface area contributed by atoms with Crippen LogP contribution in [0.15, 0.2) is 29.8 Å². The van der Waals surface area contributed by atoms with E-state index in [1.807, 2.05) is 31.2 Å². The normalized spacial score (nSPS) is 19.7. The number of carbonyl (C=O) groups is 4. The fourth-order valence-corrected chi connectivity index (χ4v) is 5.34. The Hall–Kier alpha value is -3.19. The van der Waals surface area contributed by atoms with Crippen molar-refractivity contribution >= 4 is 34.9 Å². The maximum absolute atomic E-state index is 14.0. The van der Waals surface area contributed by atoms with Gasteiger partial charge in [-0.15, -0.1) is 11.3 Å². The second kappa shape index (κ2) is 13.4. The summed E-state index contributed by atoms with van der Waals surface area (Å²) in [5, 5.41) is 27.5. The SMILES string of the molecule is Cc1ncsc1-c1ccc(CNC(=O)[C@@]2(C(=O)C(NC(=O)CCOCCC(=O)O)C(C)(C)C)C[C@@H](O)CN2)cc1. The number of hydrogen-bond donors (Lipinski definition) is 5. The molecule has 12 heteroatoms. The number of amides is 2. The van der Waals surface area contributed by atoms with Crippen LogP contribution < -0.4 is 16.0 Å².